The minimum Gasteiger partial charge on any atom is -0.497 e. The second-order valence-electron chi connectivity index (χ2n) is 4.56. The highest BCUT2D eigenvalue weighted by atomic mass is 32.1. The average Bonchev–Trinajstić information content (AvgIpc) is 3.04. The zero-order chi connectivity index (χ0) is 15.1. The Balaban J connectivity index is 2.06. The lowest BCUT2D eigenvalue weighted by molar-refractivity contribution is -0.117. The molecule has 2 aromatic rings. The summed E-state index contributed by atoms with van der Waals surface area (Å²) in [7, 11) is 1.64. The highest BCUT2D eigenvalue weighted by Gasteiger charge is 2.07. The zero-order valence-corrected chi connectivity index (χ0v) is 13.1. The van der Waals surface area contributed by atoms with Crippen LogP contribution in [0.4, 0.5) is 0 Å². The van der Waals surface area contributed by atoms with Crippen LogP contribution in [0, 0.1) is 0 Å². The molecule has 0 radical (unpaired) electrons. The maximum Gasteiger partial charge on any atom is 0.247 e. The van der Waals surface area contributed by atoms with Crippen LogP contribution >= 0.6 is 11.3 Å². The Morgan fingerprint density at radius 3 is 2.86 bits per heavy atom. The van der Waals surface area contributed by atoms with E-state index in [0.29, 0.717) is 13.0 Å². The molecule has 0 aliphatic heterocycles. The standard InChI is InChI=1S/C17H19NO2S/c1-3-14(10-13-6-4-7-15(11-13)20-2)17(19)18-12-16-8-5-9-21-16/h4-11H,3,12H2,1-2H3,(H,18,19). The van der Waals surface area contributed by atoms with Crippen LogP contribution in [0.3, 0.4) is 0 Å². The van der Waals surface area contributed by atoms with Crippen molar-refractivity contribution >= 4 is 23.3 Å². The molecule has 3 nitrogen and oxygen atoms in total. The molecule has 110 valence electrons. The van der Waals surface area contributed by atoms with Gasteiger partial charge in [-0.2, -0.15) is 0 Å². The van der Waals surface area contributed by atoms with Crippen molar-refractivity contribution in [2.45, 2.75) is 19.9 Å². The van der Waals surface area contributed by atoms with E-state index in [0.717, 1.165) is 21.8 Å². The minimum absolute atomic E-state index is 0.0197. The molecule has 0 fully saturated rings. The molecular formula is C17H19NO2S. The van der Waals surface area contributed by atoms with Gasteiger partial charge in [0.15, 0.2) is 0 Å². The second kappa shape index (κ2) is 7.64. The van der Waals surface area contributed by atoms with Gasteiger partial charge in [-0.3, -0.25) is 4.79 Å². The van der Waals surface area contributed by atoms with Crippen molar-refractivity contribution in [3.8, 4) is 5.75 Å². The molecule has 0 saturated carbocycles. The van der Waals surface area contributed by atoms with Crippen LogP contribution in [0.2, 0.25) is 0 Å². The summed E-state index contributed by atoms with van der Waals surface area (Å²) < 4.78 is 5.20. The fourth-order valence-electron chi connectivity index (χ4n) is 1.95. The van der Waals surface area contributed by atoms with Crippen molar-refractivity contribution in [3.63, 3.8) is 0 Å². The summed E-state index contributed by atoms with van der Waals surface area (Å²) in [5.74, 6) is 0.770. The van der Waals surface area contributed by atoms with Gasteiger partial charge in [0.1, 0.15) is 5.75 Å². The lowest BCUT2D eigenvalue weighted by Gasteiger charge is -2.07. The lowest BCUT2D eigenvalue weighted by atomic mass is 10.1. The number of carbonyl (C=O) groups excluding carboxylic acids is 1. The largest absolute Gasteiger partial charge is 0.497 e. The molecule has 0 unspecified atom stereocenters. The van der Waals surface area contributed by atoms with E-state index >= 15 is 0 Å². The molecule has 21 heavy (non-hydrogen) atoms. The van der Waals surface area contributed by atoms with Gasteiger partial charge in [-0.05, 0) is 41.6 Å². The zero-order valence-electron chi connectivity index (χ0n) is 12.3. The monoisotopic (exact) mass is 301 g/mol. The first-order valence-electron chi connectivity index (χ1n) is 6.88. The Morgan fingerprint density at radius 1 is 1.33 bits per heavy atom. The quantitative estimate of drug-likeness (QED) is 0.823. The van der Waals surface area contributed by atoms with Crippen LogP contribution in [0.15, 0.2) is 47.4 Å². The van der Waals surface area contributed by atoms with Gasteiger partial charge in [-0.1, -0.05) is 25.1 Å². The van der Waals surface area contributed by atoms with Crippen molar-refractivity contribution in [1.82, 2.24) is 5.32 Å². The van der Waals surface area contributed by atoms with Crippen LogP contribution in [-0.4, -0.2) is 13.0 Å². The van der Waals surface area contributed by atoms with Gasteiger partial charge in [0, 0.05) is 10.5 Å². The highest BCUT2D eigenvalue weighted by Crippen LogP contribution is 2.17. The molecule has 4 heteroatoms. The number of thiophene rings is 1. The fourth-order valence-corrected chi connectivity index (χ4v) is 2.60. The van der Waals surface area contributed by atoms with Crippen LogP contribution in [-0.2, 0) is 11.3 Å². The summed E-state index contributed by atoms with van der Waals surface area (Å²) in [6.45, 7) is 2.56. The topological polar surface area (TPSA) is 38.3 Å². The van der Waals surface area contributed by atoms with E-state index < -0.39 is 0 Å². The third-order valence-corrected chi connectivity index (χ3v) is 3.99. The number of hydrogen-bond donors (Lipinski definition) is 1. The number of methoxy groups -OCH3 is 1. The van der Waals surface area contributed by atoms with Gasteiger partial charge in [-0.15, -0.1) is 11.3 Å². The predicted molar refractivity (Wildman–Crippen MR) is 87.4 cm³/mol. The van der Waals surface area contributed by atoms with E-state index in [9.17, 15) is 4.79 Å². The van der Waals surface area contributed by atoms with E-state index in [1.54, 1.807) is 18.4 Å². The van der Waals surface area contributed by atoms with Crippen molar-refractivity contribution in [2.75, 3.05) is 7.11 Å². The van der Waals surface area contributed by atoms with Crippen molar-refractivity contribution < 1.29 is 9.53 Å². The number of benzene rings is 1. The Kier molecular flexibility index (Phi) is 5.58. The number of rotatable bonds is 6. The van der Waals surface area contributed by atoms with E-state index in [1.165, 1.54) is 0 Å². The van der Waals surface area contributed by atoms with Crippen molar-refractivity contribution in [2.24, 2.45) is 0 Å². The molecule has 0 aliphatic rings. The molecule has 1 aromatic carbocycles. The molecule has 0 aliphatic carbocycles. The minimum atomic E-state index is -0.0197. The van der Waals surface area contributed by atoms with Gasteiger partial charge in [0.2, 0.25) is 5.91 Å². The van der Waals surface area contributed by atoms with Gasteiger partial charge in [0.05, 0.1) is 13.7 Å². The molecule has 0 spiro atoms. The number of ether oxygens (including phenoxy) is 1. The Bertz CT molecular complexity index is 617. The predicted octanol–water partition coefficient (Wildman–Crippen LogP) is 3.87. The van der Waals surface area contributed by atoms with E-state index in [1.807, 2.05) is 54.8 Å². The third kappa shape index (κ3) is 4.46. The van der Waals surface area contributed by atoms with E-state index in [-0.39, 0.29) is 5.91 Å². The van der Waals surface area contributed by atoms with Gasteiger partial charge in [-0.25, -0.2) is 0 Å². The Morgan fingerprint density at radius 2 is 2.19 bits per heavy atom. The second-order valence-corrected chi connectivity index (χ2v) is 5.59. The van der Waals surface area contributed by atoms with E-state index in [4.69, 9.17) is 4.74 Å². The van der Waals surface area contributed by atoms with Crippen LogP contribution < -0.4 is 10.1 Å². The summed E-state index contributed by atoms with van der Waals surface area (Å²) in [5.41, 5.74) is 1.73. The maximum absolute atomic E-state index is 12.2. The Hall–Kier alpha value is -2.07. The molecule has 2 rings (SSSR count). The molecule has 1 N–H and O–H groups in total. The number of carbonyl (C=O) groups is 1. The van der Waals surface area contributed by atoms with Gasteiger partial charge >= 0.3 is 0 Å². The summed E-state index contributed by atoms with van der Waals surface area (Å²) >= 11 is 1.64. The third-order valence-electron chi connectivity index (χ3n) is 3.11. The van der Waals surface area contributed by atoms with Gasteiger partial charge in [0.25, 0.3) is 0 Å². The molecule has 0 atom stereocenters. The summed E-state index contributed by atoms with van der Waals surface area (Å²) in [6.07, 6.45) is 2.60. The maximum atomic E-state index is 12.2. The first-order valence-corrected chi connectivity index (χ1v) is 7.76. The van der Waals surface area contributed by atoms with Crippen LogP contribution in [0.1, 0.15) is 23.8 Å². The normalized spacial score (nSPS) is 11.2. The summed E-state index contributed by atoms with van der Waals surface area (Å²) in [5, 5.41) is 4.97. The summed E-state index contributed by atoms with van der Waals surface area (Å²) in [4.78, 5) is 13.4. The van der Waals surface area contributed by atoms with E-state index in [2.05, 4.69) is 5.32 Å². The van der Waals surface area contributed by atoms with Crippen LogP contribution in [0.25, 0.3) is 6.08 Å². The molecule has 1 heterocycles. The van der Waals surface area contributed by atoms with Crippen LogP contribution in [0.5, 0.6) is 5.75 Å². The lowest BCUT2D eigenvalue weighted by Crippen LogP contribution is -2.23. The number of amides is 1. The highest BCUT2D eigenvalue weighted by molar-refractivity contribution is 7.09. The molecule has 0 bridgehead atoms. The molecule has 1 amide bonds. The number of hydrogen-bond acceptors (Lipinski definition) is 3. The molecule has 1 aromatic heterocycles. The Labute approximate surface area is 129 Å². The van der Waals surface area contributed by atoms with Gasteiger partial charge < -0.3 is 10.1 Å². The fraction of sp³-hybridized carbons (Fsp3) is 0.235. The number of nitrogens with one attached hydrogen (secondary N) is 1. The average molecular weight is 301 g/mol. The van der Waals surface area contributed by atoms with Crippen molar-refractivity contribution in [3.05, 3.63) is 57.8 Å². The summed E-state index contributed by atoms with van der Waals surface area (Å²) in [6, 6.07) is 11.7. The van der Waals surface area contributed by atoms with Crippen molar-refractivity contribution in [1.29, 1.82) is 0 Å². The smallest absolute Gasteiger partial charge is 0.247 e. The molecular weight excluding hydrogens is 282 g/mol. The molecule has 0 saturated heterocycles. The first kappa shape index (κ1) is 15.3. The first-order chi connectivity index (χ1) is 10.2. The SMILES string of the molecule is CCC(=Cc1cccc(OC)c1)C(=O)NCc1cccs1.